The Morgan fingerprint density at radius 1 is 1.05 bits per heavy atom. The first-order valence-electron chi connectivity index (χ1n) is 6.82. The van der Waals surface area contributed by atoms with Gasteiger partial charge in [-0.25, -0.2) is 0 Å². The van der Waals surface area contributed by atoms with E-state index < -0.39 is 0 Å². The first kappa shape index (κ1) is 12.1. The summed E-state index contributed by atoms with van der Waals surface area (Å²) in [7, 11) is 0. The Morgan fingerprint density at radius 2 is 1.89 bits per heavy atom. The molecular weight excluding hydrogens is 234 g/mol. The molecule has 0 aliphatic heterocycles. The lowest BCUT2D eigenvalue weighted by molar-refractivity contribution is 0.304. The largest absolute Gasteiger partial charge is 0.489 e. The third-order valence-corrected chi connectivity index (χ3v) is 3.76. The molecule has 0 unspecified atom stereocenters. The third-order valence-electron chi connectivity index (χ3n) is 3.76. The zero-order valence-corrected chi connectivity index (χ0v) is 11.3. The number of aryl methyl sites for hydroxylation is 3. The molecular formula is C17H19NO. The lowest BCUT2D eigenvalue weighted by Crippen LogP contribution is -1.98. The molecule has 1 aliphatic rings. The van der Waals surface area contributed by atoms with E-state index in [2.05, 4.69) is 18.2 Å². The maximum atomic E-state index is 5.88. The van der Waals surface area contributed by atoms with E-state index in [4.69, 9.17) is 10.5 Å². The topological polar surface area (TPSA) is 35.2 Å². The smallest absolute Gasteiger partial charge is 0.122 e. The highest BCUT2D eigenvalue weighted by atomic mass is 16.5. The first-order valence-corrected chi connectivity index (χ1v) is 6.82. The van der Waals surface area contributed by atoms with Crippen molar-refractivity contribution >= 4 is 5.69 Å². The van der Waals surface area contributed by atoms with E-state index in [0.717, 1.165) is 17.0 Å². The van der Waals surface area contributed by atoms with E-state index >= 15 is 0 Å². The number of nitrogens with two attached hydrogens (primary N) is 1. The summed E-state index contributed by atoms with van der Waals surface area (Å²) in [4.78, 5) is 0. The van der Waals surface area contributed by atoms with Crippen LogP contribution in [0.4, 0.5) is 5.69 Å². The van der Waals surface area contributed by atoms with Crippen LogP contribution in [0.5, 0.6) is 5.75 Å². The Hall–Kier alpha value is -1.96. The Morgan fingerprint density at radius 3 is 2.74 bits per heavy atom. The number of anilines is 1. The molecule has 98 valence electrons. The molecule has 0 spiro atoms. The Balaban J connectivity index is 1.72. The number of rotatable bonds is 3. The van der Waals surface area contributed by atoms with E-state index in [-0.39, 0.29) is 0 Å². The quantitative estimate of drug-likeness (QED) is 0.847. The number of benzene rings is 2. The average Bonchev–Trinajstić information content (AvgIpc) is 2.85. The summed E-state index contributed by atoms with van der Waals surface area (Å²) in [6, 6.07) is 12.5. The molecule has 0 radical (unpaired) electrons. The highest BCUT2D eigenvalue weighted by molar-refractivity contribution is 5.47. The van der Waals surface area contributed by atoms with Crippen molar-refractivity contribution < 1.29 is 4.74 Å². The van der Waals surface area contributed by atoms with Gasteiger partial charge in [0.25, 0.3) is 0 Å². The van der Waals surface area contributed by atoms with Crippen LogP contribution >= 0.6 is 0 Å². The van der Waals surface area contributed by atoms with E-state index in [0.29, 0.717) is 6.61 Å². The van der Waals surface area contributed by atoms with Crippen molar-refractivity contribution in [2.75, 3.05) is 5.73 Å². The van der Waals surface area contributed by atoms with Crippen LogP contribution in [0.15, 0.2) is 36.4 Å². The minimum Gasteiger partial charge on any atom is -0.489 e. The van der Waals surface area contributed by atoms with Gasteiger partial charge in [-0.2, -0.15) is 0 Å². The monoisotopic (exact) mass is 253 g/mol. The molecule has 19 heavy (non-hydrogen) atoms. The standard InChI is InChI=1S/C17H19NO/c1-12-9-16(18)7-8-17(12)19-11-13-5-6-14-3-2-4-15(14)10-13/h5-10H,2-4,11,18H2,1H3. The minimum atomic E-state index is 0.623. The fourth-order valence-corrected chi connectivity index (χ4v) is 2.71. The Labute approximate surface area is 114 Å². The number of hydrogen-bond donors (Lipinski definition) is 1. The van der Waals surface area contributed by atoms with Crippen molar-refractivity contribution in [3.05, 3.63) is 58.7 Å². The molecule has 1 aliphatic carbocycles. The number of ether oxygens (including phenoxy) is 1. The molecule has 0 fully saturated rings. The van der Waals surface area contributed by atoms with Crippen molar-refractivity contribution in [1.82, 2.24) is 0 Å². The van der Waals surface area contributed by atoms with Crippen LogP contribution in [-0.2, 0) is 19.4 Å². The van der Waals surface area contributed by atoms with Gasteiger partial charge in [-0.05, 0) is 66.6 Å². The van der Waals surface area contributed by atoms with Crippen molar-refractivity contribution in [2.24, 2.45) is 0 Å². The molecule has 0 aromatic heterocycles. The van der Waals surface area contributed by atoms with Crippen LogP contribution < -0.4 is 10.5 Å². The van der Waals surface area contributed by atoms with Crippen molar-refractivity contribution in [3.8, 4) is 5.75 Å². The summed E-state index contributed by atoms with van der Waals surface area (Å²) in [5, 5.41) is 0. The fraction of sp³-hybridized carbons (Fsp3) is 0.294. The lowest BCUT2D eigenvalue weighted by atomic mass is 10.1. The van der Waals surface area contributed by atoms with Gasteiger partial charge >= 0.3 is 0 Å². The second kappa shape index (κ2) is 4.96. The number of hydrogen-bond acceptors (Lipinski definition) is 2. The van der Waals surface area contributed by atoms with Gasteiger partial charge in [0.1, 0.15) is 12.4 Å². The molecule has 0 amide bonds. The second-order valence-corrected chi connectivity index (χ2v) is 5.27. The van der Waals surface area contributed by atoms with Gasteiger partial charge in [-0.15, -0.1) is 0 Å². The maximum Gasteiger partial charge on any atom is 0.122 e. The lowest BCUT2D eigenvalue weighted by Gasteiger charge is -2.10. The molecule has 2 N–H and O–H groups in total. The highest BCUT2D eigenvalue weighted by Crippen LogP contribution is 2.25. The van der Waals surface area contributed by atoms with Gasteiger partial charge in [-0.3, -0.25) is 0 Å². The van der Waals surface area contributed by atoms with E-state index in [9.17, 15) is 0 Å². The van der Waals surface area contributed by atoms with Gasteiger partial charge < -0.3 is 10.5 Å². The molecule has 2 aromatic carbocycles. The zero-order valence-electron chi connectivity index (χ0n) is 11.3. The van der Waals surface area contributed by atoms with Crippen LogP contribution in [0.25, 0.3) is 0 Å². The maximum absolute atomic E-state index is 5.88. The van der Waals surface area contributed by atoms with Crippen LogP contribution in [0.3, 0.4) is 0 Å². The molecule has 2 nitrogen and oxygen atoms in total. The summed E-state index contributed by atoms with van der Waals surface area (Å²) < 4.78 is 5.88. The number of nitrogen functional groups attached to an aromatic ring is 1. The molecule has 3 rings (SSSR count). The molecule has 0 atom stereocenters. The van der Waals surface area contributed by atoms with Gasteiger partial charge in [-0.1, -0.05) is 18.2 Å². The molecule has 0 saturated carbocycles. The summed E-state index contributed by atoms with van der Waals surface area (Å²) in [5.74, 6) is 0.912. The van der Waals surface area contributed by atoms with Gasteiger partial charge in [0.05, 0.1) is 0 Å². The normalized spacial score (nSPS) is 13.3. The zero-order chi connectivity index (χ0) is 13.2. The summed E-state index contributed by atoms with van der Waals surface area (Å²) in [5.41, 5.74) is 11.9. The molecule has 2 heteroatoms. The fourth-order valence-electron chi connectivity index (χ4n) is 2.71. The average molecular weight is 253 g/mol. The predicted octanol–water partition coefficient (Wildman–Crippen LogP) is 3.64. The molecule has 2 aromatic rings. The predicted molar refractivity (Wildman–Crippen MR) is 78.4 cm³/mol. The van der Waals surface area contributed by atoms with E-state index in [1.54, 1.807) is 0 Å². The van der Waals surface area contributed by atoms with Crippen molar-refractivity contribution in [3.63, 3.8) is 0 Å². The summed E-state index contributed by atoms with van der Waals surface area (Å²) in [6.07, 6.45) is 3.73. The van der Waals surface area contributed by atoms with Crippen LogP contribution in [0.2, 0.25) is 0 Å². The third kappa shape index (κ3) is 2.58. The second-order valence-electron chi connectivity index (χ2n) is 5.27. The Bertz CT molecular complexity index is 604. The molecule has 0 heterocycles. The van der Waals surface area contributed by atoms with Crippen molar-refractivity contribution in [1.29, 1.82) is 0 Å². The van der Waals surface area contributed by atoms with Gasteiger partial charge in [0, 0.05) is 5.69 Å². The highest BCUT2D eigenvalue weighted by Gasteiger charge is 2.11. The van der Waals surface area contributed by atoms with Crippen molar-refractivity contribution in [2.45, 2.75) is 32.8 Å². The van der Waals surface area contributed by atoms with Gasteiger partial charge in [0.15, 0.2) is 0 Å². The van der Waals surface area contributed by atoms with Crippen LogP contribution in [-0.4, -0.2) is 0 Å². The van der Waals surface area contributed by atoms with E-state index in [1.165, 1.54) is 36.0 Å². The minimum absolute atomic E-state index is 0.623. The van der Waals surface area contributed by atoms with Gasteiger partial charge in [0.2, 0.25) is 0 Å². The van der Waals surface area contributed by atoms with Crippen LogP contribution in [0.1, 0.15) is 28.7 Å². The summed E-state index contributed by atoms with van der Waals surface area (Å²) >= 11 is 0. The molecule has 0 saturated heterocycles. The van der Waals surface area contributed by atoms with Crippen LogP contribution in [0, 0.1) is 6.92 Å². The number of fused-ring (bicyclic) bond motifs is 1. The molecule has 0 bridgehead atoms. The van der Waals surface area contributed by atoms with E-state index in [1.807, 2.05) is 25.1 Å². The Kier molecular flexibility index (Phi) is 3.16. The SMILES string of the molecule is Cc1cc(N)ccc1OCc1ccc2c(c1)CCC2. The summed E-state index contributed by atoms with van der Waals surface area (Å²) in [6.45, 7) is 2.65. The first-order chi connectivity index (χ1) is 9.22.